The Kier molecular flexibility index (Phi) is 31.7. The molecule has 2 rings (SSSR count). The topological polar surface area (TPSA) is 71.1 Å². The van der Waals surface area contributed by atoms with E-state index in [1.54, 1.807) is 0 Å². The molecule has 0 bridgehead atoms. The molecule has 0 N–H and O–H groups in total. The van der Waals surface area contributed by atoms with Crippen molar-refractivity contribution in [2.75, 3.05) is 26.4 Å². The van der Waals surface area contributed by atoms with E-state index in [1.807, 2.05) is 0 Å². The molecule has 0 radical (unpaired) electrons. The van der Waals surface area contributed by atoms with Gasteiger partial charge in [-0.3, -0.25) is 9.59 Å². The second kappa shape index (κ2) is 33.2. The van der Waals surface area contributed by atoms with E-state index < -0.39 is 0 Å². The normalized spacial score (nSPS) is 11.1. The summed E-state index contributed by atoms with van der Waals surface area (Å²) in [6.07, 6.45) is 25.2. The Bertz CT molecular complexity index is 1260. The van der Waals surface area contributed by atoms with Gasteiger partial charge in [-0.05, 0) is 185 Å². The molecule has 2 aromatic carbocycles. The van der Waals surface area contributed by atoms with Crippen LogP contribution < -0.4 is 9.47 Å². The number of carbonyl (C=O) groups is 2. The van der Waals surface area contributed by atoms with Gasteiger partial charge < -0.3 is 18.9 Å². The molecule has 0 amide bonds. The van der Waals surface area contributed by atoms with Crippen molar-refractivity contribution in [2.45, 2.75) is 148 Å². The molecule has 0 saturated heterocycles. The van der Waals surface area contributed by atoms with Crippen LogP contribution in [0.5, 0.6) is 11.5 Å². The number of unbranched alkanes of at least 4 members (excludes halogenated alkanes) is 18. The summed E-state index contributed by atoms with van der Waals surface area (Å²) in [4.78, 5) is 24.0. The van der Waals surface area contributed by atoms with Crippen LogP contribution in [0.25, 0.3) is 0 Å². The van der Waals surface area contributed by atoms with Crippen molar-refractivity contribution >= 4 is 147 Å². The molecule has 0 spiro atoms. The Morgan fingerprint density at radius 2 is 0.623 bits per heavy atom. The monoisotopic (exact) mass is 1410 g/mol. The van der Waals surface area contributed by atoms with E-state index in [9.17, 15) is 9.59 Å². The Hall–Kier alpha value is 1.36. The number of halogens is 6. The number of ether oxygens (including phenoxy) is 4. The van der Waals surface area contributed by atoms with Crippen molar-refractivity contribution in [2.24, 2.45) is 0 Å². The molecule has 0 fully saturated rings. The molecule has 53 heavy (non-hydrogen) atoms. The second-order valence-electron chi connectivity index (χ2n) is 13.5. The highest BCUT2D eigenvalue weighted by Crippen LogP contribution is 2.31. The molecule has 0 unspecified atom stereocenters. The van der Waals surface area contributed by atoms with E-state index in [-0.39, 0.29) is 11.9 Å². The molecule has 12 heteroatoms. The van der Waals surface area contributed by atoms with Gasteiger partial charge in [0.15, 0.2) is 0 Å². The Morgan fingerprint density at radius 3 is 0.925 bits per heavy atom. The van der Waals surface area contributed by atoms with Crippen LogP contribution in [-0.2, 0) is 19.1 Å². The van der Waals surface area contributed by atoms with Crippen molar-refractivity contribution in [3.05, 3.63) is 45.7 Å². The first-order valence-corrected chi connectivity index (χ1v) is 26.0. The summed E-state index contributed by atoms with van der Waals surface area (Å²) in [6.45, 7) is 2.21. The first-order chi connectivity index (χ1) is 25.7. The Morgan fingerprint density at radius 1 is 0.358 bits per heavy atom. The standard InChI is InChI=1S/C41H58I6O6/c42-32-28-34(44)40(35(45)29-32)52-24-19-15-11-7-4-2-1-3-5-9-13-17-22-38(48)50-26-21-27-51-39(49)23-18-14-10-6-8-12-16-20-25-53-41-36(46)30-33(43)31-37(41)47/h28-31H,1-27H2. The van der Waals surface area contributed by atoms with E-state index in [1.165, 1.54) is 105 Å². The van der Waals surface area contributed by atoms with Crippen molar-refractivity contribution in [3.8, 4) is 11.5 Å². The van der Waals surface area contributed by atoms with Gasteiger partial charge in [0.2, 0.25) is 0 Å². The Balaban J connectivity index is 1.25. The van der Waals surface area contributed by atoms with Gasteiger partial charge in [-0.25, -0.2) is 0 Å². The molecule has 0 aliphatic heterocycles. The fraction of sp³-hybridized carbons (Fsp3) is 0.659. The van der Waals surface area contributed by atoms with E-state index in [4.69, 9.17) is 18.9 Å². The predicted molar refractivity (Wildman–Crippen MR) is 268 cm³/mol. The Labute approximate surface area is 401 Å². The number of hydrogen-bond donors (Lipinski definition) is 0. The molecule has 0 heterocycles. The molecule has 0 aliphatic carbocycles. The van der Waals surface area contributed by atoms with Crippen LogP contribution in [0.15, 0.2) is 24.3 Å². The van der Waals surface area contributed by atoms with Crippen molar-refractivity contribution in [3.63, 3.8) is 0 Å². The third-order valence-electron chi connectivity index (χ3n) is 8.78. The van der Waals surface area contributed by atoms with Crippen molar-refractivity contribution in [1.82, 2.24) is 0 Å². The van der Waals surface area contributed by atoms with Crippen LogP contribution in [0.1, 0.15) is 148 Å². The molecule has 0 aliphatic rings. The summed E-state index contributed by atoms with van der Waals surface area (Å²) in [5.74, 6) is 1.77. The zero-order valence-electron chi connectivity index (χ0n) is 31.1. The zero-order valence-corrected chi connectivity index (χ0v) is 44.1. The van der Waals surface area contributed by atoms with Crippen LogP contribution in [0.4, 0.5) is 0 Å². The van der Waals surface area contributed by atoms with Crippen LogP contribution in [0.3, 0.4) is 0 Å². The molecule has 0 atom stereocenters. The molecular weight excluding hydrogens is 1350 g/mol. The lowest BCUT2D eigenvalue weighted by atomic mass is 10.0. The third-order valence-corrected chi connectivity index (χ3v) is 13.2. The summed E-state index contributed by atoms with van der Waals surface area (Å²) in [5.41, 5.74) is 0. The van der Waals surface area contributed by atoms with Gasteiger partial charge in [-0.15, -0.1) is 0 Å². The van der Waals surface area contributed by atoms with Gasteiger partial charge in [-0.2, -0.15) is 0 Å². The average molecular weight is 1410 g/mol. The smallest absolute Gasteiger partial charge is 0.305 e. The van der Waals surface area contributed by atoms with Crippen LogP contribution in [0, 0.1) is 21.4 Å². The minimum Gasteiger partial charge on any atom is -0.491 e. The second-order valence-corrected chi connectivity index (χ2v) is 20.6. The molecule has 2 aromatic rings. The first kappa shape index (κ1) is 50.5. The quantitative estimate of drug-likeness (QED) is 0.0413. The summed E-state index contributed by atoms with van der Waals surface area (Å²) in [6, 6.07) is 8.64. The minimum absolute atomic E-state index is 0.137. The van der Waals surface area contributed by atoms with Crippen molar-refractivity contribution < 1.29 is 28.5 Å². The van der Waals surface area contributed by atoms with E-state index in [2.05, 4.69) is 160 Å². The highest BCUT2D eigenvalue weighted by atomic mass is 127. The summed E-state index contributed by atoms with van der Waals surface area (Å²) in [7, 11) is 0. The number of hydrogen-bond acceptors (Lipinski definition) is 6. The lowest BCUT2D eigenvalue weighted by Crippen LogP contribution is -2.10. The minimum atomic E-state index is -0.144. The fourth-order valence-electron chi connectivity index (χ4n) is 5.83. The number of rotatable bonds is 32. The van der Waals surface area contributed by atoms with Crippen LogP contribution >= 0.6 is 136 Å². The molecular formula is C41H58I6O6. The van der Waals surface area contributed by atoms with Gasteiger partial charge in [0, 0.05) is 26.4 Å². The highest BCUT2D eigenvalue weighted by Gasteiger charge is 2.10. The van der Waals surface area contributed by atoms with Gasteiger partial charge in [0.25, 0.3) is 0 Å². The maximum Gasteiger partial charge on any atom is 0.305 e. The summed E-state index contributed by atoms with van der Waals surface area (Å²) in [5, 5.41) is 0. The van der Waals surface area contributed by atoms with Gasteiger partial charge in [0.1, 0.15) is 11.5 Å². The molecule has 0 aromatic heterocycles. The zero-order chi connectivity index (χ0) is 38.5. The van der Waals surface area contributed by atoms with Gasteiger partial charge in [-0.1, -0.05) is 103 Å². The maximum absolute atomic E-state index is 12.0. The third kappa shape index (κ3) is 26.2. The maximum atomic E-state index is 12.0. The number of carbonyl (C=O) groups excluding carboxylic acids is 2. The van der Waals surface area contributed by atoms with Crippen LogP contribution in [0.2, 0.25) is 0 Å². The lowest BCUT2D eigenvalue weighted by Gasteiger charge is -2.11. The fourth-order valence-corrected chi connectivity index (χ4v) is 13.6. The van der Waals surface area contributed by atoms with Crippen LogP contribution in [-0.4, -0.2) is 38.4 Å². The number of esters is 2. The van der Waals surface area contributed by atoms with Gasteiger partial charge >= 0.3 is 11.9 Å². The van der Waals surface area contributed by atoms with E-state index >= 15 is 0 Å². The predicted octanol–water partition coefficient (Wildman–Crippen LogP) is 14.8. The molecule has 300 valence electrons. The largest absolute Gasteiger partial charge is 0.491 e. The average Bonchev–Trinajstić information content (AvgIpc) is 3.10. The SMILES string of the molecule is O=C(CCCCCCCCCCCCCCOc1c(I)cc(I)cc1I)OCCCOC(=O)CCCCCCCCCCOc1c(I)cc(I)cc1I. The lowest BCUT2D eigenvalue weighted by molar-refractivity contribution is -0.146. The van der Waals surface area contributed by atoms with E-state index in [0.29, 0.717) is 32.5 Å². The first-order valence-electron chi connectivity index (χ1n) is 19.5. The molecule has 6 nitrogen and oxygen atoms in total. The van der Waals surface area contributed by atoms with E-state index in [0.717, 1.165) is 69.7 Å². The molecule has 0 saturated carbocycles. The summed E-state index contributed by atoms with van der Waals surface area (Å²) < 4.78 is 30.0. The highest BCUT2D eigenvalue weighted by molar-refractivity contribution is 14.1. The van der Waals surface area contributed by atoms with Crippen molar-refractivity contribution in [1.29, 1.82) is 0 Å². The number of benzene rings is 2. The summed E-state index contributed by atoms with van der Waals surface area (Å²) >= 11 is 14.1. The van der Waals surface area contributed by atoms with Gasteiger partial charge in [0.05, 0.1) is 40.7 Å².